The predicted octanol–water partition coefficient (Wildman–Crippen LogP) is 7.73. The fourth-order valence-corrected chi connectivity index (χ4v) is 3.87. The molecule has 128 valence electrons. The Hall–Kier alpha value is -2.58. The molecule has 1 aromatic heterocycles. The average Bonchev–Trinajstić information content (AvgIpc) is 3.05. The third-order valence-corrected chi connectivity index (χ3v) is 5.18. The van der Waals surface area contributed by atoms with Crippen LogP contribution >= 0.6 is 15.9 Å². The van der Waals surface area contributed by atoms with Gasteiger partial charge in [-0.05, 0) is 47.2 Å². The van der Waals surface area contributed by atoms with Crippen molar-refractivity contribution in [2.75, 3.05) is 0 Å². The van der Waals surface area contributed by atoms with Crippen molar-refractivity contribution in [3.8, 4) is 5.69 Å². The second-order valence-electron chi connectivity index (χ2n) is 6.01. The summed E-state index contributed by atoms with van der Waals surface area (Å²) >= 11 is 3.53. The summed E-state index contributed by atoms with van der Waals surface area (Å²) in [6.07, 6.45) is 0. The Labute approximate surface area is 162 Å². The van der Waals surface area contributed by atoms with Crippen LogP contribution in [0.4, 0.5) is 0 Å². The second kappa shape index (κ2) is 6.97. The average molecular weight is 402 g/mol. The van der Waals surface area contributed by atoms with Gasteiger partial charge >= 0.3 is 0 Å². The van der Waals surface area contributed by atoms with Crippen molar-refractivity contribution in [1.82, 2.24) is 4.57 Å². The summed E-state index contributed by atoms with van der Waals surface area (Å²) in [6, 6.07) is 30.2. The summed E-state index contributed by atoms with van der Waals surface area (Å²) in [5, 5.41) is 5.21. The molecular weight excluding hydrogens is 382 g/mol. The van der Waals surface area contributed by atoms with Crippen molar-refractivity contribution in [3.05, 3.63) is 89.4 Å². The van der Waals surface area contributed by atoms with Crippen molar-refractivity contribution in [2.45, 2.75) is 13.8 Å². The van der Waals surface area contributed by atoms with E-state index in [9.17, 15) is 0 Å². The van der Waals surface area contributed by atoms with Gasteiger partial charge in [0.15, 0.2) is 0 Å². The number of nitrogens with zero attached hydrogens (tertiary/aromatic N) is 1. The second-order valence-corrected chi connectivity index (χ2v) is 6.93. The van der Waals surface area contributed by atoms with E-state index in [0.29, 0.717) is 0 Å². The molecule has 0 saturated carbocycles. The van der Waals surface area contributed by atoms with Crippen molar-refractivity contribution in [2.24, 2.45) is 0 Å². The maximum atomic E-state index is 3.53. The van der Waals surface area contributed by atoms with E-state index in [1.807, 2.05) is 13.8 Å². The summed E-state index contributed by atoms with van der Waals surface area (Å²) in [5.74, 6) is 0. The fourth-order valence-electron chi connectivity index (χ4n) is 3.61. The van der Waals surface area contributed by atoms with Gasteiger partial charge in [-0.2, -0.15) is 0 Å². The van der Waals surface area contributed by atoms with Crippen LogP contribution in [0.2, 0.25) is 0 Å². The third kappa shape index (κ3) is 2.62. The van der Waals surface area contributed by atoms with Crippen LogP contribution in [0.1, 0.15) is 13.8 Å². The molecule has 5 aromatic rings. The predicted molar refractivity (Wildman–Crippen MR) is 117 cm³/mol. The zero-order valence-electron chi connectivity index (χ0n) is 14.9. The number of benzene rings is 4. The summed E-state index contributed by atoms with van der Waals surface area (Å²) in [6.45, 7) is 4.00. The van der Waals surface area contributed by atoms with Crippen molar-refractivity contribution in [3.63, 3.8) is 0 Å². The number of aromatic nitrogens is 1. The van der Waals surface area contributed by atoms with E-state index in [-0.39, 0.29) is 0 Å². The molecule has 0 radical (unpaired) electrons. The molecule has 0 spiro atoms. The van der Waals surface area contributed by atoms with Crippen LogP contribution in [0.5, 0.6) is 0 Å². The Bertz CT molecular complexity index is 1200. The Morgan fingerprint density at radius 1 is 0.615 bits per heavy atom. The molecule has 0 atom stereocenters. The highest BCUT2D eigenvalue weighted by Gasteiger charge is 2.13. The van der Waals surface area contributed by atoms with E-state index in [4.69, 9.17) is 0 Å². The lowest BCUT2D eigenvalue weighted by molar-refractivity contribution is 1.18. The third-order valence-electron chi connectivity index (χ3n) is 4.65. The first-order valence-corrected chi connectivity index (χ1v) is 9.79. The van der Waals surface area contributed by atoms with Crippen molar-refractivity contribution in [1.29, 1.82) is 0 Å². The van der Waals surface area contributed by atoms with Crippen LogP contribution < -0.4 is 0 Å². The standard InChI is InChI=1S/C22H14BrN.C2H6/c23-16-10-12-17(13-11-16)24-20-8-4-3-7-19(20)22-18-6-2-1-5-15(18)9-14-21(22)24;1-2/h1-14H;1-2H3. The van der Waals surface area contributed by atoms with Gasteiger partial charge in [0, 0.05) is 20.9 Å². The summed E-state index contributed by atoms with van der Waals surface area (Å²) in [5.41, 5.74) is 3.67. The summed E-state index contributed by atoms with van der Waals surface area (Å²) < 4.78 is 3.45. The largest absolute Gasteiger partial charge is 0.309 e. The Morgan fingerprint density at radius 3 is 2.04 bits per heavy atom. The van der Waals surface area contributed by atoms with E-state index in [1.54, 1.807) is 0 Å². The van der Waals surface area contributed by atoms with Gasteiger partial charge < -0.3 is 4.57 Å². The maximum absolute atomic E-state index is 3.53. The lowest BCUT2D eigenvalue weighted by Gasteiger charge is -2.08. The number of hydrogen-bond donors (Lipinski definition) is 0. The summed E-state index contributed by atoms with van der Waals surface area (Å²) in [4.78, 5) is 0. The van der Waals surface area contributed by atoms with E-state index in [0.717, 1.165) is 4.47 Å². The van der Waals surface area contributed by atoms with Gasteiger partial charge in [0.2, 0.25) is 0 Å². The first-order valence-electron chi connectivity index (χ1n) is 9.00. The normalized spacial score (nSPS) is 10.9. The van der Waals surface area contributed by atoms with Gasteiger partial charge in [0.1, 0.15) is 0 Å². The van der Waals surface area contributed by atoms with Crippen molar-refractivity contribution < 1.29 is 0 Å². The number of fused-ring (bicyclic) bond motifs is 5. The Morgan fingerprint density at radius 2 is 1.27 bits per heavy atom. The SMILES string of the molecule is Brc1ccc(-n2c3ccccc3c3c4ccccc4ccc32)cc1.CC. The van der Waals surface area contributed by atoms with Gasteiger partial charge in [-0.15, -0.1) is 0 Å². The monoisotopic (exact) mass is 401 g/mol. The van der Waals surface area contributed by atoms with Gasteiger partial charge in [-0.3, -0.25) is 0 Å². The van der Waals surface area contributed by atoms with Crippen molar-refractivity contribution >= 4 is 48.5 Å². The van der Waals surface area contributed by atoms with Crippen LogP contribution in [0.25, 0.3) is 38.3 Å². The molecule has 1 heterocycles. The molecule has 0 amide bonds. The van der Waals surface area contributed by atoms with E-state index in [2.05, 4.69) is 105 Å². The van der Waals surface area contributed by atoms with E-state index >= 15 is 0 Å². The minimum Gasteiger partial charge on any atom is -0.309 e. The number of hydrogen-bond acceptors (Lipinski definition) is 0. The summed E-state index contributed by atoms with van der Waals surface area (Å²) in [7, 11) is 0. The smallest absolute Gasteiger partial charge is 0.0547 e. The van der Waals surface area contributed by atoms with E-state index in [1.165, 1.54) is 38.3 Å². The number of rotatable bonds is 1. The Balaban J connectivity index is 0.000000814. The lowest BCUT2D eigenvalue weighted by atomic mass is 10.0. The highest BCUT2D eigenvalue weighted by molar-refractivity contribution is 9.10. The lowest BCUT2D eigenvalue weighted by Crippen LogP contribution is -1.93. The first kappa shape index (κ1) is 16.9. The molecule has 0 N–H and O–H groups in total. The van der Waals surface area contributed by atoms with Crippen LogP contribution in [0.15, 0.2) is 89.4 Å². The molecule has 4 aromatic carbocycles. The van der Waals surface area contributed by atoms with Gasteiger partial charge in [-0.25, -0.2) is 0 Å². The zero-order valence-corrected chi connectivity index (χ0v) is 16.5. The van der Waals surface area contributed by atoms with Crippen LogP contribution in [0, 0.1) is 0 Å². The molecule has 0 aliphatic rings. The zero-order chi connectivity index (χ0) is 18.1. The molecule has 2 heteroatoms. The molecule has 0 bridgehead atoms. The molecule has 26 heavy (non-hydrogen) atoms. The molecular formula is C24H20BrN. The van der Waals surface area contributed by atoms with Gasteiger partial charge in [0.25, 0.3) is 0 Å². The quantitative estimate of drug-likeness (QED) is 0.270. The highest BCUT2D eigenvalue weighted by Crippen LogP contribution is 2.36. The molecule has 0 aliphatic carbocycles. The van der Waals surface area contributed by atoms with Gasteiger partial charge in [-0.1, -0.05) is 78.3 Å². The number of para-hydroxylation sites is 1. The topological polar surface area (TPSA) is 4.93 Å². The molecule has 1 nitrogen and oxygen atoms in total. The minimum absolute atomic E-state index is 1.09. The molecule has 0 fully saturated rings. The van der Waals surface area contributed by atoms with Crippen LogP contribution in [-0.4, -0.2) is 4.57 Å². The highest BCUT2D eigenvalue weighted by atomic mass is 79.9. The molecule has 0 unspecified atom stereocenters. The Kier molecular flexibility index (Phi) is 4.52. The first-order chi connectivity index (χ1) is 12.8. The molecule has 5 rings (SSSR count). The minimum atomic E-state index is 1.09. The fraction of sp³-hybridized carbons (Fsp3) is 0.0833. The van der Waals surface area contributed by atoms with Crippen LogP contribution in [-0.2, 0) is 0 Å². The van der Waals surface area contributed by atoms with Gasteiger partial charge in [0.05, 0.1) is 11.0 Å². The maximum Gasteiger partial charge on any atom is 0.0547 e. The number of halogens is 1. The molecule has 0 aliphatic heterocycles. The van der Waals surface area contributed by atoms with E-state index < -0.39 is 0 Å². The van der Waals surface area contributed by atoms with Crippen LogP contribution in [0.3, 0.4) is 0 Å². The molecule has 0 saturated heterocycles.